The molecule has 0 aromatic rings. The average Bonchev–Trinajstić information content (AvgIpc) is 2.64. The molecule has 4 nitrogen and oxygen atoms in total. The predicted octanol–water partition coefficient (Wildman–Crippen LogP) is 2.00. The van der Waals surface area contributed by atoms with Crippen LogP contribution in [-0.2, 0) is 4.74 Å². The van der Waals surface area contributed by atoms with Gasteiger partial charge in [-0.1, -0.05) is 12.8 Å². The standard InChI is InChI=1S/C13H24N2O2/c1-17-13(16)15-10-4-2-3-5-12(15)11-6-8-14-9-7-11/h11-12,14H,2-10H2,1H3. The highest BCUT2D eigenvalue weighted by atomic mass is 16.5. The normalized spacial score (nSPS) is 27.6. The Kier molecular flexibility index (Phi) is 4.66. The van der Waals surface area contributed by atoms with E-state index in [-0.39, 0.29) is 6.09 Å². The second-order valence-electron chi connectivity index (χ2n) is 5.17. The Hall–Kier alpha value is -0.770. The van der Waals surface area contributed by atoms with Gasteiger partial charge in [-0.2, -0.15) is 0 Å². The number of carbonyl (C=O) groups is 1. The van der Waals surface area contributed by atoms with Gasteiger partial charge >= 0.3 is 6.09 Å². The summed E-state index contributed by atoms with van der Waals surface area (Å²) < 4.78 is 4.94. The molecular weight excluding hydrogens is 216 g/mol. The van der Waals surface area contributed by atoms with Crippen molar-refractivity contribution in [1.29, 1.82) is 0 Å². The first-order valence-corrected chi connectivity index (χ1v) is 6.88. The summed E-state index contributed by atoms with van der Waals surface area (Å²) >= 11 is 0. The van der Waals surface area contributed by atoms with Crippen molar-refractivity contribution in [2.45, 2.75) is 44.6 Å². The molecule has 17 heavy (non-hydrogen) atoms. The highest BCUT2D eigenvalue weighted by Crippen LogP contribution is 2.28. The Morgan fingerprint density at radius 2 is 1.94 bits per heavy atom. The summed E-state index contributed by atoms with van der Waals surface area (Å²) in [5.41, 5.74) is 0. The van der Waals surface area contributed by atoms with Crippen molar-refractivity contribution in [1.82, 2.24) is 10.2 Å². The van der Waals surface area contributed by atoms with Crippen LogP contribution in [0, 0.1) is 5.92 Å². The smallest absolute Gasteiger partial charge is 0.409 e. The number of rotatable bonds is 1. The molecule has 0 aliphatic carbocycles. The van der Waals surface area contributed by atoms with Crippen LogP contribution in [0.25, 0.3) is 0 Å². The molecule has 2 fully saturated rings. The lowest BCUT2D eigenvalue weighted by molar-refractivity contribution is 0.0816. The largest absolute Gasteiger partial charge is 0.453 e. The molecule has 1 atom stereocenters. The Balaban J connectivity index is 2.04. The van der Waals surface area contributed by atoms with E-state index in [0.717, 1.165) is 32.5 Å². The maximum absolute atomic E-state index is 11.9. The lowest BCUT2D eigenvalue weighted by Crippen LogP contribution is -2.47. The summed E-state index contributed by atoms with van der Waals surface area (Å²) in [6, 6.07) is 0.409. The molecule has 0 aromatic carbocycles. The number of nitrogens with one attached hydrogen (secondary N) is 1. The van der Waals surface area contributed by atoms with Gasteiger partial charge in [0.1, 0.15) is 0 Å². The third-order valence-electron chi connectivity index (χ3n) is 4.14. The first kappa shape index (κ1) is 12.7. The minimum Gasteiger partial charge on any atom is -0.453 e. The van der Waals surface area contributed by atoms with E-state index in [9.17, 15) is 4.79 Å². The summed E-state index contributed by atoms with van der Waals surface area (Å²) in [7, 11) is 1.49. The van der Waals surface area contributed by atoms with Gasteiger partial charge < -0.3 is 15.0 Å². The van der Waals surface area contributed by atoms with Gasteiger partial charge in [0.15, 0.2) is 0 Å². The molecule has 1 unspecified atom stereocenters. The van der Waals surface area contributed by atoms with Crippen LogP contribution in [-0.4, -0.2) is 43.8 Å². The molecular formula is C13H24N2O2. The molecule has 0 bridgehead atoms. The number of hydrogen-bond donors (Lipinski definition) is 1. The van der Waals surface area contributed by atoms with Gasteiger partial charge in [0.2, 0.25) is 0 Å². The molecule has 4 heteroatoms. The minimum atomic E-state index is -0.129. The summed E-state index contributed by atoms with van der Waals surface area (Å²) in [5.74, 6) is 0.661. The molecule has 0 saturated carbocycles. The Morgan fingerprint density at radius 3 is 2.65 bits per heavy atom. The van der Waals surface area contributed by atoms with E-state index in [4.69, 9.17) is 4.74 Å². The van der Waals surface area contributed by atoms with E-state index in [2.05, 4.69) is 5.32 Å². The fraction of sp³-hybridized carbons (Fsp3) is 0.923. The predicted molar refractivity (Wildman–Crippen MR) is 67.0 cm³/mol. The highest BCUT2D eigenvalue weighted by molar-refractivity contribution is 5.67. The number of amides is 1. The fourth-order valence-corrected chi connectivity index (χ4v) is 3.20. The molecule has 2 saturated heterocycles. The number of ether oxygens (including phenoxy) is 1. The number of piperidine rings is 1. The van der Waals surface area contributed by atoms with Crippen LogP contribution >= 0.6 is 0 Å². The van der Waals surface area contributed by atoms with Gasteiger partial charge in [-0.25, -0.2) is 4.79 Å². The second kappa shape index (κ2) is 6.24. The summed E-state index contributed by atoms with van der Waals surface area (Å²) in [5, 5.41) is 3.39. The SMILES string of the molecule is COC(=O)N1CCCCCC1C1CCNCC1. The van der Waals surface area contributed by atoms with Crippen molar-refractivity contribution in [2.24, 2.45) is 5.92 Å². The summed E-state index contributed by atoms with van der Waals surface area (Å²) in [4.78, 5) is 13.8. The van der Waals surface area contributed by atoms with Crippen molar-refractivity contribution in [3.8, 4) is 0 Å². The Labute approximate surface area is 104 Å². The first-order chi connectivity index (χ1) is 8.33. The number of hydrogen-bond acceptors (Lipinski definition) is 3. The number of nitrogens with zero attached hydrogens (tertiary/aromatic N) is 1. The fourth-order valence-electron chi connectivity index (χ4n) is 3.20. The molecule has 1 N–H and O–H groups in total. The maximum Gasteiger partial charge on any atom is 0.409 e. The molecule has 2 aliphatic rings. The second-order valence-corrected chi connectivity index (χ2v) is 5.17. The molecule has 2 heterocycles. The molecule has 2 rings (SSSR count). The van der Waals surface area contributed by atoms with Crippen LogP contribution in [0.1, 0.15) is 38.5 Å². The lowest BCUT2D eigenvalue weighted by atomic mass is 9.87. The maximum atomic E-state index is 11.9. The van der Waals surface area contributed by atoms with Crippen molar-refractivity contribution >= 4 is 6.09 Å². The average molecular weight is 240 g/mol. The monoisotopic (exact) mass is 240 g/mol. The van der Waals surface area contributed by atoms with E-state index in [1.165, 1.54) is 32.8 Å². The summed E-state index contributed by atoms with van der Waals surface area (Å²) in [6.07, 6.45) is 7.03. The minimum absolute atomic E-state index is 0.129. The van der Waals surface area contributed by atoms with Crippen LogP contribution in [0.15, 0.2) is 0 Å². The van der Waals surface area contributed by atoms with Crippen molar-refractivity contribution in [3.05, 3.63) is 0 Å². The van der Waals surface area contributed by atoms with Gasteiger partial charge in [-0.3, -0.25) is 0 Å². The third kappa shape index (κ3) is 3.12. The van der Waals surface area contributed by atoms with Gasteiger partial charge in [0.05, 0.1) is 7.11 Å². The van der Waals surface area contributed by atoms with Crippen LogP contribution in [0.4, 0.5) is 4.79 Å². The number of likely N-dealkylation sites (tertiary alicyclic amines) is 1. The molecule has 0 radical (unpaired) electrons. The summed E-state index contributed by atoms with van der Waals surface area (Å²) in [6.45, 7) is 3.06. The van der Waals surface area contributed by atoms with E-state index in [0.29, 0.717) is 12.0 Å². The topological polar surface area (TPSA) is 41.6 Å². The highest BCUT2D eigenvalue weighted by Gasteiger charge is 2.32. The molecule has 98 valence electrons. The van der Waals surface area contributed by atoms with Gasteiger partial charge in [0.25, 0.3) is 0 Å². The van der Waals surface area contributed by atoms with E-state index >= 15 is 0 Å². The third-order valence-corrected chi connectivity index (χ3v) is 4.14. The van der Waals surface area contributed by atoms with Crippen molar-refractivity contribution in [3.63, 3.8) is 0 Å². The zero-order chi connectivity index (χ0) is 12.1. The first-order valence-electron chi connectivity index (χ1n) is 6.88. The number of carbonyl (C=O) groups excluding carboxylic acids is 1. The van der Waals surface area contributed by atoms with Gasteiger partial charge in [0, 0.05) is 12.6 Å². The van der Waals surface area contributed by atoms with Crippen LogP contribution < -0.4 is 5.32 Å². The van der Waals surface area contributed by atoms with Crippen molar-refractivity contribution < 1.29 is 9.53 Å². The zero-order valence-corrected chi connectivity index (χ0v) is 10.8. The van der Waals surface area contributed by atoms with Crippen LogP contribution in [0.2, 0.25) is 0 Å². The van der Waals surface area contributed by atoms with Gasteiger partial charge in [-0.15, -0.1) is 0 Å². The van der Waals surface area contributed by atoms with Crippen LogP contribution in [0.3, 0.4) is 0 Å². The molecule has 0 aromatic heterocycles. The van der Waals surface area contributed by atoms with Crippen LogP contribution in [0.5, 0.6) is 0 Å². The number of methoxy groups -OCH3 is 1. The van der Waals surface area contributed by atoms with E-state index in [1.807, 2.05) is 4.90 Å². The van der Waals surface area contributed by atoms with Crippen molar-refractivity contribution in [2.75, 3.05) is 26.7 Å². The molecule has 0 spiro atoms. The lowest BCUT2D eigenvalue weighted by Gasteiger charge is -2.37. The van der Waals surface area contributed by atoms with E-state index < -0.39 is 0 Å². The van der Waals surface area contributed by atoms with Gasteiger partial charge in [-0.05, 0) is 44.7 Å². The Bertz CT molecular complexity index is 252. The van der Waals surface area contributed by atoms with E-state index in [1.54, 1.807) is 0 Å². The molecule has 2 aliphatic heterocycles. The Morgan fingerprint density at radius 1 is 1.18 bits per heavy atom. The zero-order valence-electron chi connectivity index (χ0n) is 10.8. The molecule has 1 amide bonds. The quantitative estimate of drug-likeness (QED) is 0.762.